The molecule has 4 rings (SSSR count). The van der Waals surface area contributed by atoms with Crippen LogP contribution in [0.5, 0.6) is 0 Å². The molecule has 1 aromatic carbocycles. The second-order valence-corrected chi connectivity index (χ2v) is 6.66. The van der Waals surface area contributed by atoms with E-state index < -0.39 is 0 Å². The molecule has 2 aliphatic rings. The molecule has 2 aromatic rings. The number of hydrogen-bond donors (Lipinski definition) is 1. The average Bonchev–Trinajstić information content (AvgIpc) is 2.84. The Morgan fingerprint density at radius 3 is 3.00 bits per heavy atom. The first-order valence-electron chi connectivity index (χ1n) is 8.30. The molecule has 1 saturated heterocycles. The van der Waals surface area contributed by atoms with E-state index >= 15 is 0 Å². The lowest BCUT2D eigenvalue weighted by molar-refractivity contribution is 0.141. The molecule has 2 nitrogen and oxygen atoms in total. The van der Waals surface area contributed by atoms with E-state index in [0.29, 0.717) is 6.04 Å². The molecule has 0 saturated carbocycles. The normalized spacial score (nSPS) is 26.4. The van der Waals surface area contributed by atoms with Gasteiger partial charge in [-0.15, -0.1) is 0 Å². The topological polar surface area (TPSA) is 19.0 Å². The van der Waals surface area contributed by atoms with Crippen molar-refractivity contribution in [1.29, 1.82) is 0 Å². The second-order valence-electron chi connectivity index (χ2n) is 6.66. The highest BCUT2D eigenvalue weighted by molar-refractivity contribution is 5.90. The first kappa shape index (κ1) is 13.1. The Labute approximate surface area is 126 Å². The minimum atomic E-state index is 0.544. The Hall–Kier alpha value is -1.54. The van der Waals surface area contributed by atoms with Gasteiger partial charge < -0.3 is 4.98 Å². The Morgan fingerprint density at radius 2 is 2.14 bits per heavy atom. The van der Waals surface area contributed by atoms with Crippen LogP contribution in [0.3, 0.4) is 0 Å². The fraction of sp³-hybridized carbons (Fsp3) is 0.474. The zero-order valence-electron chi connectivity index (χ0n) is 12.9. The van der Waals surface area contributed by atoms with Crippen molar-refractivity contribution in [1.82, 2.24) is 9.88 Å². The van der Waals surface area contributed by atoms with E-state index in [4.69, 9.17) is 0 Å². The molecule has 1 N–H and O–H groups in total. The molecular weight excluding hydrogens is 256 g/mol. The van der Waals surface area contributed by atoms with Crippen molar-refractivity contribution in [3.8, 4) is 0 Å². The Morgan fingerprint density at radius 1 is 1.29 bits per heavy atom. The maximum Gasteiger partial charge on any atom is 0.0466 e. The van der Waals surface area contributed by atoms with Crippen LogP contribution in [0.25, 0.3) is 16.5 Å². The summed E-state index contributed by atoms with van der Waals surface area (Å²) < 4.78 is 0. The van der Waals surface area contributed by atoms with Gasteiger partial charge >= 0.3 is 0 Å². The second kappa shape index (κ2) is 5.03. The molecular formula is C19H24N2. The van der Waals surface area contributed by atoms with Crippen LogP contribution in [0.1, 0.15) is 37.4 Å². The third kappa shape index (κ3) is 2.04. The zero-order valence-corrected chi connectivity index (χ0v) is 12.9. The summed E-state index contributed by atoms with van der Waals surface area (Å²) in [4.78, 5) is 6.32. The van der Waals surface area contributed by atoms with Gasteiger partial charge in [0.2, 0.25) is 0 Å². The Kier molecular flexibility index (Phi) is 3.15. The molecule has 0 spiro atoms. The Balaban J connectivity index is 1.75. The van der Waals surface area contributed by atoms with Crippen molar-refractivity contribution < 1.29 is 0 Å². The average molecular weight is 280 g/mol. The molecule has 2 heteroatoms. The van der Waals surface area contributed by atoms with Gasteiger partial charge in [-0.05, 0) is 42.4 Å². The summed E-state index contributed by atoms with van der Waals surface area (Å²) in [5, 5.41) is 1.39. The third-order valence-electron chi connectivity index (χ3n) is 5.55. The zero-order chi connectivity index (χ0) is 14.4. The van der Waals surface area contributed by atoms with Crippen LogP contribution < -0.4 is 0 Å². The largest absolute Gasteiger partial charge is 0.355 e. The summed E-state index contributed by atoms with van der Waals surface area (Å²) in [6.07, 6.45) is 5.08. The van der Waals surface area contributed by atoms with Crippen molar-refractivity contribution in [2.24, 2.45) is 5.92 Å². The van der Waals surface area contributed by atoms with Crippen LogP contribution >= 0.6 is 0 Å². The third-order valence-corrected chi connectivity index (χ3v) is 5.55. The predicted molar refractivity (Wildman–Crippen MR) is 89.4 cm³/mol. The number of para-hydroxylation sites is 1. The van der Waals surface area contributed by atoms with Gasteiger partial charge in [-0.3, -0.25) is 4.90 Å². The first-order valence-corrected chi connectivity index (χ1v) is 8.30. The van der Waals surface area contributed by atoms with Crippen molar-refractivity contribution in [2.75, 3.05) is 13.1 Å². The lowest BCUT2D eigenvalue weighted by Gasteiger charge is -2.39. The molecule has 0 aliphatic carbocycles. The van der Waals surface area contributed by atoms with Crippen molar-refractivity contribution >= 4 is 16.5 Å². The number of nitrogens with one attached hydrogen (secondary N) is 1. The summed E-state index contributed by atoms with van der Waals surface area (Å²) in [7, 11) is 0. The number of fused-ring (bicyclic) bond motifs is 4. The summed E-state index contributed by atoms with van der Waals surface area (Å²) in [5.74, 6) is 0.877. The van der Waals surface area contributed by atoms with Gasteiger partial charge in [-0.1, -0.05) is 38.1 Å². The Bertz CT molecular complexity index is 682. The highest BCUT2D eigenvalue weighted by atomic mass is 15.2. The van der Waals surface area contributed by atoms with Crippen LogP contribution in [0.4, 0.5) is 0 Å². The number of aromatic amines is 1. The van der Waals surface area contributed by atoms with Crippen LogP contribution in [0.2, 0.25) is 0 Å². The van der Waals surface area contributed by atoms with Gasteiger partial charge in [0.1, 0.15) is 0 Å². The smallest absolute Gasteiger partial charge is 0.0466 e. The van der Waals surface area contributed by atoms with Crippen LogP contribution in [0, 0.1) is 5.92 Å². The van der Waals surface area contributed by atoms with Crippen molar-refractivity contribution in [3.63, 3.8) is 0 Å². The molecule has 0 bridgehead atoms. The van der Waals surface area contributed by atoms with Gasteiger partial charge in [0, 0.05) is 35.7 Å². The number of hydrogen-bond acceptors (Lipinski definition) is 1. The van der Waals surface area contributed by atoms with Crippen LogP contribution in [0.15, 0.2) is 30.8 Å². The van der Waals surface area contributed by atoms with E-state index in [2.05, 4.69) is 47.7 Å². The molecule has 0 radical (unpaired) electrons. The lowest BCUT2D eigenvalue weighted by Crippen LogP contribution is -2.43. The standard InChI is InChI=1S/C19H24N2/c1-3-14-8-9-18-13(2)19-16(10-11-21(18)12-14)15-6-4-5-7-17(15)20-19/h4-7,14,18,20H,2-3,8-12H2,1H3/t14-,18-/m1/s1. The quantitative estimate of drug-likeness (QED) is 0.828. The summed E-state index contributed by atoms with van der Waals surface area (Å²) in [6, 6.07) is 9.23. The number of nitrogens with zero attached hydrogens (tertiary/aromatic N) is 1. The van der Waals surface area contributed by atoms with E-state index in [9.17, 15) is 0 Å². The van der Waals surface area contributed by atoms with E-state index in [-0.39, 0.29) is 0 Å². The van der Waals surface area contributed by atoms with Gasteiger partial charge in [-0.25, -0.2) is 0 Å². The summed E-state index contributed by atoms with van der Waals surface area (Å²) >= 11 is 0. The van der Waals surface area contributed by atoms with Gasteiger partial charge in [0.05, 0.1) is 0 Å². The lowest BCUT2D eigenvalue weighted by atomic mass is 9.87. The van der Waals surface area contributed by atoms with E-state index in [1.54, 1.807) is 0 Å². The SMILES string of the molecule is C=C1c2[nH]c3ccccc3c2CCN2C[C@H](CC)CC[C@H]12. The highest BCUT2D eigenvalue weighted by Gasteiger charge is 2.33. The summed E-state index contributed by atoms with van der Waals surface area (Å²) in [6.45, 7) is 9.23. The highest BCUT2D eigenvalue weighted by Crippen LogP contribution is 2.38. The molecule has 3 heterocycles. The fourth-order valence-electron chi connectivity index (χ4n) is 4.26. The molecule has 110 valence electrons. The molecule has 1 aromatic heterocycles. The maximum absolute atomic E-state index is 4.47. The number of aromatic nitrogens is 1. The van der Waals surface area contributed by atoms with Crippen molar-refractivity contribution in [3.05, 3.63) is 42.1 Å². The summed E-state index contributed by atoms with van der Waals surface area (Å²) in [5.41, 5.74) is 5.38. The first-order chi connectivity index (χ1) is 10.3. The van der Waals surface area contributed by atoms with Gasteiger partial charge in [0.25, 0.3) is 0 Å². The monoisotopic (exact) mass is 280 g/mol. The molecule has 21 heavy (non-hydrogen) atoms. The van der Waals surface area contributed by atoms with Crippen molar-refractivity contribution in [2.45, 2.75) is 38.6 Å². The minimum absolute atomic E-state index is 0.544. The molecule has 2 atom stereocenters. The molecule has 0 amide bonds. The maximum atomic E-state index is 4.47. The van der Waals surface area contributed by atoms with Crippen LogP contribution in [-0.2, 0) is 6.42 Å². The van der Waals surface area contributed by atoms with Gasteiger partial charge in [0.15, 0.2) is 0 Å². The number of benzene rings is 1. The van der Waals surface area contributed by atoms with E-state index in [1.807, 2.05) is 0 Å². The van der Waals surface area contributed by atoms with E-state index in [0.717, 1.165) is 12.3 Å². The molecule has 0 unspecified atom stereocenters. The van der Waals surface area contributed by atoms with Gasteiger partial charge in [-0.2, -0.15) is 0 Å². The fourth-order valence-corrected chi connectivity index (χ4v) is 4.26. The molecule has 2 aliphatic heterocycles. The predicted octanol–water partition coefficient (Wildman–Crippen LogP) is 4.23. The minimum Gasteiger partial charge on any atom is -0.355 e. The number of piperidine rings is 1. The number of rotatable bonds is 1. The van der Waals surface area contributed by atoms with Crippen LogP contribution in [-0.4, -0.2) is 29.0 Å². The van der Waals surface area contributed by atoms with E-state index in [1.165, 1.54) is 60.1 Å². The number of H-pyrrole nitrogens is 1. The molecule has 1 fully saturated rings.